The van der Waals surface area contributed by atoms with Crippen LogP contribution in [0.1, 0.15) is 27.7 Å². The van der Waals surface area contributed by atoms with Crippen LogP contribution in [0, 0.1) is 11.8 Å². The normalized spacial score (nSPS) is 21.1. The molecule has 0 aromatic rings. The predicted molar refractivity (Wildman–Crippen MR) is 79.9 cm³/mol. The fraction of sp³-hybridized carbons (Fsp3) is 0.933. The Hall–Kier alpha value is -0.650. The van der Waals surface area contributed by atoms with Crippen LogP contribution in [-0.2, 0) is 9.53 Å². The van der Waals surface area contributed by atoms with Crippen molar-refractivity contribution in [3.05, 3.63) is 0 Å². The monoisotopic (exact) mass is 286 g/mol. The van der Waals surface area contributed by atoms with Crippen molar-refractivity contribution in [2.75, 3.05) is 45.9 Å². The van der Waals surface area contributed by atoms with Gasteiger partial charge in [0.25, 0.3) is 0 Å². The zero-order chi connectivity index (χ0) is 15.1. The van der Waals surface area contributed by atoms with Crippen molar-refractivity contribution in [3.8, 4) is 0 Å². The number of carbonyl (C=O) groups is 1. The van der Waals surface area contributed by atoms with Gasteiger partial charge in [-0.25, -0.2) is 0 Å². The van der Waals surface area contributed by atoms with Crippen LogP contribution in [-0.4, -0.2) is 72.9 Å². The van der Waals surface area contributed by atoms with E-state index in [4.69, 9.17) is 9.84 Å². The molecule has 1 rings (SSSR count). The SMILES string of the molecule is CC(C)CN1CCOC(CN(CC(=O)O)CC(C)C)C1. The van der Waals surface area contributed by atoms with Crippen LogP contribution in [0.25, 0.3) is 0 Å². The van der Waals surface area contributed by atoms with E-state index in [0.717, 1.165) is 32.8 Å². The second kappa shape index (κ2) is 8.60. The molecule has 1 atom stereocenters. The van der Waals surface area contributed by atoms with Crippen molar-refractivity contribution in [1.82, 2.24) is 9.80 Å². The molecule has 0 aromatic carbocycles. The van der Waals surface area contributed by atoms with Gasteiger partial charge in [-0.3, -0.25) is 14.6 Å². The number of hydrogen-bond acceptors (Lipinski definition) is 4. The zero-order valence-corrected chi connectivity index (χ0v) is 13.3. The van der Waals surface area contributed by atoms with E-state index < -0.39 is 5.97 Å². The molecule has 0 saturated carbocycles. The van der Waals surface area contributed by atoms with Gasteiger partial charge in [-0.2, -0.15) is 0 Å². The minimum atomic E-state index is -0.763. The second-order valence-corrected chi connectivity index (χ2v) is 6.63. The van der Waals surface area contributed by atoms with Crippen molar-refractivity contribution in [2.45, 2.75) is 33.8 Å². The first kappa shape index (κ1) is 17.4. The molecule has 1 heterocycles. The van der Waals surface area contributed by atoms with Gasteiger partial charge >= 0.3 is 5.97 Å². The third-order valence-electron chi connectivity index (χ3n) is 3.29. The molecule has 1 saturated heterocycles. The van der Waals surface area contributed by atoms with Crippen molar-refractivity contribution in [2.24, 2.45) is 11.8 Å². The Kier molecular flexibility index (Phi) is 7.48. The maximum absolute atomic E-state index is 10.9. The molecule has 1 fully saturated rings. The molecule has 1 unspecified atom stereocenters. The standard InChI is InChI=1S/C15H30N2O3/c1-12(2)7-16-5-6-20-14(9-16)10-17(8-13(3)4)11-15(18)19/h12-14H,5-11H2,1-4H3,(H,18,19). The van der Waals surface area contributed by atoms with Crippen LogP contribution >= 0.6 is 0 Å². The van der Waals surface area contributed by atoms with Gasteiger partial charge in [0, 0.05) is 32.7 Å². The first-order valence-electron chi connectivity index (χ1n) is 7.65. The highest BCUT2D eigenvalue weighted by Gasteiger charge is 2.24. The van der Waals surface area contributed by atoms with Crippen molar-refractivity contribution >= 4 is 5.97 Å². The number of carboxylic acids is 1. The van der Waals surface area contributed by atoms with E-state index in [0.29, 0.717) is 18.4 Å². The summed E-state index contributed by atoms with van der Waals surface area (Å²) in [6.07, 6.45) is 0.126. The van der Waals surface area contributed by atoms with E-state index in [9.17, 15) is 4.79 Å². The topological polar surface area (TPSA) is 53.0 Å². The van der Waals surface area contributed by atoms with Gasteiger partial charge in [-0.1, -0.05) is 27.7 Å². The van der Waals surface area contributed by atoms with Gasteiger partial charge in [-0.15, -0.1) is 0 Å². The van der Waals surface area contributed by atoms with E-state index in [-0.39, 0.29) is 12.6 Å². The fourth-order valence-electron chi connectivity index (χ4n) is 2.77. The van der Waals surface area contributed by atoms with Crippen molar-refractivity contribution in [3.63, 3.8) is 0 Å². The van der Waals surface area contributed by atoms with Gasteiger partial charge in [0.1, 0.15) is 0 Å². The van der Waals surface area contributed by atoms with Gasteiger partial charge < -0.3 is 9.84 Å². The summed E-state index contributed by atoms with van der Waals surface area (Å²) in [5.41, 5.74) is 0. The van der Waals surface area contributed by atoms with Crippen LogP contribution in [0.3, 0.4) is 0 Å². The molecule has 0 aliphatic carbocycles. The Morgan fingerprint density at radius 2 is 2.05 bits per heavy atom. The fourth-order valence-corrected chi connectivity index (χ4v) is 2.77. The summed E-state index contributed by atoms with van der Waals surface area (Å²) in [5, 5.41) is 9.00. The number of aliphatic carboxylic acids is 1. The molecular formula is C15H30N2O3. The average molecular weight is 286 g/mol. The number of nitrogens with zero attached hydrogens (tertiary/aromatic N) is 2. The zero-order valence-electron chi connectivity index (χ0n) is 13.3. The molecule has 0 spiro atoms. The molecule has 0 amide bonds. The molecule has 20 heavy (non-hydrogen) atoms. The molecular weight excluding hydrogens is 256 g/mol. The lowest BCUT2D eigenvalue weighted by atomic mass is 10.1. The van der Waals surface area contributed by atoms with E-state index >= 15 is 0 Å². The number of carboxylic acid groups (broad SMARTS) is 1. The van der Waals surface area contributed by atoms with Crippen LogP contribution in [0.2, 0.25) is 0 Å². The largest absolute Gasteiger partial charge is 0.480 e. The highest BCUT2D eigenvalue weighted by molar-refractivity contribution is 5.69. The molecule has 1 aliphatic rings. The van der Waals surface area contributed by atoms with Gasteiger partial charge in [0.15, 0.2) is 0 Å². The number of hydrogen-bond donors (Lipinski definition) is 1. The minimum absolute atomic E-state index is 0.0994. The van der Waals surface area contributed by atoms with Gasteiger partial charge in [-0.05, 0) is 11.8 Å². The maximum Gasteiger partial charge on any atom is 0.317 e. The first-order chi connectivity index (χ1) is 9.36. The molecule has 0 radical (unpaired) electrons. The molecule has 1 aliphatic heterocycles. The molecule has 1 N–H and O–H groups in total. The second-order valence-electron chi connectivity index (χ2n) is 6.63. The van der Waals surface area contributed by atoms with Gasteiger partial charge in [0.2, 0.25) is 0 Å². The number of morpholine rings is 1. The van der Waals surface area contributed by atoms with Crippen LogP contribution in [0.15, 0.2) is 0 Å². The molecule has 0 aromatic heterocycles. The molecule has 5 heteroatoms. The summed E-state index contributed by atoms with van der Waals surface area (Å²) in [4.78, 5) is 15.4. The molecule has 0 bridgehead atoms. The van der Waals surface area contributed by atoms with Crippen molar-refractivity contribution in [1.29, 1.82) is 0 Å². The summed E-state index contributed by atoms with van der Waals surface area (Å²) >= 11 is 0. The summed E-state index contributed by atoms with van der Waals surface area (Å²) < 4.78 is 5.81. The highest BCUT2D eigenvalue weighted by Crippen LogP contribution is 2.10. The third kappa shape index (κ3) is 7.22. The summed E-state index contributed by atoms with van der Waals surface area (Å²) in [7, 11) is 0. The molecule has 118 valence electrons. The quantitative estimate of drug-likeness (QED) is 0.731. The first-order valence-corrected chi connectivity index (χ1v) is 7.65. The number of rotatable bonds is 8. The number of ether oxygens (including phenoxy) is 1. The summed E-state index contributed by atoms with van der Waals surface area (Å²) in [6.45, 7) is 14.0. The Morgan fingerprint density at radius 3 is 2.60 bits per heavy atom. The Morgan fingerprint density at radius 1 is 1.35 bits per heavy atom. The van der Waals surface area contributed by atoms with Crippen LogP contribution in [0.5, 0.6) is 0 Å². The lowest BCUT2D eigenvalue weighted by molar-refractivity contribution is -0.139. The van der Waals surface area contributed by atoms with Crippen LogP contribution < -0.4 is 0 Å². The lowest BCUT2D eigenvalue weighted by Crippen LogP contribution is -2.49. The minimum Gasteiger partial charge on any atom is -0.480 e. The average Bonchev–Trinajstić information content (AvgIpc) is 2.26. The smallest absolute Gasteiger partial charge is 0.317 e. The third-order valence-corrected chi connectivity index (χ3v) is 3.29. The van der Waals surface area contributed by atoms with E-state index in [2.05, 4.69) is 32.6 Å². The predicted octanol–water partition coefficient (Wildman–Crippen LogP) is 1.39. The Labute approximate surface area is 122 Å². The van der Waals surface area contributed by atoms with Crippen molar-refractivity contribution < 1.29 is 14.6 Å². The summed E-state index contributed by atoms with van der Waals surface area (Å²) in [5.74, 6) is 0.352. The van der Waals surface area contributed by atoms with Crippen LogP contribution in [0.4, 0.5) is 0 Å². The Balaban J connectivity index is 2.47. The summed E-state index contributed by atoms with van der Waals surface area (Å²) in [6, 6.07) is 0. The lowest BCUT2D eigenvalue weighted by Gasteiger charge is -2.36. The van der Waals surface area contributed by atoms with E-state index in [1.165, 1.54) is 0 Å². The highest BCUT2D eigenvalue weighted by atomic mass is 16.5. The maximum atomic E-state index is 10.9. The molecule has 5 nitrogen and oxygen atoms in total. The van der Waals surface area contributed by atoms with E-state index in [1.54, 1.807) is 0 Å². The van der Waals surface area contributed by atoms with Gasteiger partial charge in [0.05, 0.1) is 19.3 Å². The van der Waals surface area contributed by atoms with E-state index in [1.807, 2.05) is 4.90 Å². The Bertz CT molecular complexity index is 295.